The molecule has 144 valence electrons. The summed E-state index contributed by atoms with van der Waals surface area (Å²) in [4.78, 5) is 6.95. The third-order valence-electron chi connectivity index (χ3n) is 5.69. The Kier molecular flexibility index (Phi) is 3.48. The number of aromatic nitrogens is 4. The Bertz CT molecular complexity index is 1270. The van der Waals surface area contributed by atoms with Crippen molar-refractivity contribution in [2.45, 2.75) is 24.4 Å². The molecule has 8 nitrogen and oxygen atoms in total. The second kappa shape index (κ2) is 5.62. The second-order valence-electron chi connectivity index (χ2n) is 7.52. The van der Waals surface area contributed by atoms with Gasteiger partial charge in [-0.05, 0) is 42.9 Å². The molecule has 0 spiro atoms. The Morgan fingerprint density at radius 3 is 2.86 bits per heavy atom. The number of hydrogen-bond acceptors (Lipinski definition) is 5. The summed E-state index contributed by atoms with van der Waals surface area (Å²) in [6, 6.07) is 4.21. The van der Waals surface area contributed by atoms with Gasteiger partial charge in [-0.25, -0.2) is 17.8 Å². The average Bonchev–Trinajstić information content (AvgIpc) is 3.01. The van der Waals surface area contributed by atoms with Gasteiger partial charge in [0.05, 0.1) is 11.6 Å². The molecule has 3 atom stereocenters. The maximum atomic E-state index is 14.6. The molecule has 0 unspecified atom stereocenters. The Labute approximate surface area is 160 Å². The van der Waals surface area contributed by atoms with E-state index in [0.717, 1.165) is 6.42 Å². The third kappa shape index (κ3) is 2.33. The first-order valence-corrected chi connectivity index (χ1v) is 10.3. The summed E-state index contributed by atoms with van der Waals surface area (Å²) in [5, 5.41) is 14.0. The summed E-state index contributed by atoms with van der Waals surface area (Å²) in [5.74, 6) is 0.201. The van der Waals surface area contributed by atoms with Gasteiger partial charge >= 0.3 is 0 Å². The SMILES string of the molecule is Cc1cc(F)c2[nH]c(S(=O)(=O)N3C[C@@H]4C[C@@H]4[C@@H]3C#N)cc2c1-c1ncn(C)n1. The molecule has 3 heterocycles. The number of hydrogen-bond donors (Lipinski definition) is 1. The smallest absolute Gasteiger partial charge is 0.259 e. The van der Waals surface area contributed by atoms with Crippen LogP contribution in [0.4, 0.5) is 4.39 Å². The topological polar surface area (TPSA) is 108 Å². The Morgan fingerprint density at radius 2 is 2.18 bits per heavy atom. The van der Waals surface area contributed by atoms with E-state index in [1.54, 1.807) is 14.0 Å². The highest BCUT2D eigenvalue weighted by atomic mass is 32.2. The van der Waals surface area contributed by atoms with Crippen molar-refractivity contribution in [1.29, 1.82) is 5.26 Å². The van der Waals surface area contributed by atoms with Gasteiger partial charge in [0.25, 0.3) is 10.0 Å². The summed E-state index contributed by atoms with van der Waals surface area (Å²) in [7, 11) is -2.22. The molecule has 1 saturated carbocycles. The van der Waals surface area contributed by atoms with Gasteiger partial charge in [0.15, 0.2) is 5.82 Å². The minimum absolute atomic E-state index is 0.0875. The molecule has 1 aliphatic heterocycles. The number of sulfonamides is 1. The van der Waals surface area contributed by atoms with Gasteiger partial charge < -0.3 is 4.98 Å². The van der Waals surface area contributed by atoms with Crippen LogP contribution in [-0.2, 0) is 17.1 Å². The zero-order valence-electron chi connectivity index (χ0n) is 15.2. The average molecular weight is 400 g/mol. The summed E-state index contributed by atoms with van der Waals surface area (Å²) < 4.78 is 43.7. The number of rotatable bonds is 3. The standard InChI is InChI=1S/C18H17FN6O2S/c1-9-3-13(19)17-12(16(9)18-21-8-24(2)23-18)5-15(22-17)28(26,27)25-7-10-4-11(10)14(25)6-20/h3,5,8,10-11,14,22H,4,7H2,1-2H3/t10-,11-,14-/m0/s1. The number of piperidine rings is 1. The van der Waals surface area contributed by atoms with Crippen LogP contribution in [0.15, 0.2) is 23.5 Å². The molecule has 3 aromatic rings. The predicted molar refractivity (Wildman–Crippen MR) is 97.9 cm³/mol. The minimum atomic E-state index is -3.95. The lowest BCUT2D eigenvalue weighted by atomic mass is 10.0. The van der Waals surface area contributed by atoms with Crippen LogP contribution >= 0.6 is 0 Å². The van der Waals surface area contributed by atoms with Crippen molar-refractivity contribution >= 4 is 20.9 Å². The van der Waals surface area contributed by atoms with Crippen molar-refractivity contribution in [3.05, 3.63) is 29.8 Å². The number of nitriles is 1. The van der Waals surface area contributed by atoms with Crippen LogP contribution in [0.25, 0.3) is 22.3 Å². The third-order valence-corrected chi connectivity index (χ3v) is 7.46. The molecule has 0 radical (unpaired) electrons. The fourth-order valence-corrected chi connectivity index (χ4v) is 5.85. The normalized spacial score (nSPS) is 24.4. The fraction of sp³-hybridized carbons (Fsp3) is 0.389. The van der Waals surface area contributed by atoms with Crippen LogP contribution in [0.5, 0.6) is 0 Å². The molecule has 1 aromatic carbocycles. The van der Waals surface area contributed by atoms with Gasteiger partial charge in [-0.3, -0.25) is 4.68 Å². The van der Waals surface area contributed by atoms with E-state index in [4.69, 9.17) is 0 Å². The number of nitrogens with zero attached hydrogens (tertiary/aromatic N) is 5. The summed E-state index contributed by atoms with van der Waals surface area (Å²) in [5.41, 5.74) is 1.27. The Balaban J connectivity index is 1.68. The molecule has 1 aliphatic carbocycles. The van der Waals surface area contributed by atoms with E-state index in [1.165, 1.54) is 27.4 Å². The van der Waals surface area contributed by atoms with Crippen LogP contribution in [0, 0.1) is 35.9 Å². The van der Waals surface area contributed by atoms with E-state index in [1.807, 2.05) is 0 Å². The highest BCUT2D eigenvalue weighted by Crippen LogP contribution is 2.51. The second-order valence-corrected chi connectivity index (χ2v) is 9.38. The summed E-state index contributed by atoms with van der Waals surface area (Å²) in [6.07, 6.45) is 2.42. The van der Waals surface area contributed by atoms with E-state index in [0.29, 0.717) is 28.9 Å². The molecular weight excluding hydrogens is 383 g/mol. The van der Waals surface area contributed by atoms with Crippen molar-refractivity contribution in [2.24, 2.45) is 18.9 Å². The molecule has 28 heavy (non-hydrogen) atoms. The quantitative estimate of drug-likeness (QED) is 0.723. The Morgan fingerprint density at radius 1 is 1.39 bits per heavy atom. The lowest BCUT2D eigenvalue weighted by Gasteiger charge is -2.20. The van der Waals surface area contributed by atoms with Crippen molar-refractivity contribution in [1.82, 2.24) is 24.1 Å². The zero-order chi connectivity index (χ0) is 19.8. The van der Waals surface area contributed by atoms with Crippen LogP contribution in [0.2, 0.25) is 0 Å². The summed E-state index contributed by atoms with van der Waals surface area (Å²) >= 11 is 0. The van der Waals surface area contributed by atoms with Gasteiger partial charge in [-0.15, -0.1) is 0 Å². The summed E-state index contributed by atoms with van der Waals surface area (Å²) in [6.45, 7) is 2.06. The number of halogens is 1. The van der Waals surface area contributed by atoms with E-state index >= 15 is 0 Å². The van der Waals surface area contributed by atoms with Crippen molar-refractivity contribution < 1.29 is 12.8 Å². The number of nitrogens with one attached hydrogen (secondary N) is 1. The van der Waals surface area contributed by atoms with Crippen molar-refractivity contribution in [2.75, 3.05) is 6.54 Å². The molecule has 0 amide bonds. The fourth-order valence-electron chi connectivity index (χ4n) is 4.21. The van der Waals surface area contributed by atoms with E-state index < -0.39 is 21.9 Å². The molecule has 10 heteroatoms. The lowest BCUT2D eigenvalue weighted by Crippen LogP contribution is -2.37. The Hall–Kier alpha value is -2.77. The molecule has 2 aliphatic rings. The molecular formula is C18H17FN6O2S. The number of H-pyrrole nitrogens is 1. The largest absolute Gasteiger partial charge is 0.342 e. The van der Waals surface area contributed by atoms with Gasteiger partial charge in [0.2, 0.25) is 0 Å². The maximum absolute atomic E-state index is 14.6. The number of fused-ring (bicyclic) bond motifs is 2. The number of benzene rings is 1. The number of aryl methyl sites for hydroxylation is 2. The zero-order valence-corrected chi connectivity index (χ0v) is 16.0. The molecule has 1 saturated heterocycles. The first-order chi connectivity index (χ1) is 13.3. The number of aromatic amines is 1. The van der Waals surface area contributed by atoms with Crippen LogP contribution in [0.3, 0.4) is 0 Å². The van der Waals surface area contributed by atoms with E-state index in [2.05, 4.69) is 21.1 Å². The van der Waals surface area contributed by atoms with Crippen LogP contribution in [0.1, 0.15) is 12.0 Å². The highest BCUT2D eigenvalue weighted by molar-refractivity contribution is 7.89. The highest BCUT2D eigenvalue weighted by Gasteiger charge is 2.56. The molecule has 1 N–H and O–H groups in total. The molecule has 0 bridgehead atoms. The van der Waals surface area contributed by atoms with E-state index in [9.17, 15) is 18.1 Å². The van der Waals surface area contributed by atoms with Crippen molar-refractivity contribution in [3.63, 3.8) is 0 Å². The van der Waals surface area contributed by atoms with E-state index in [-0.39, 0.29) is 22.4 Å². The van der Waals surface area contributed by atoms with Gasteiger partial charge in [0.1, 0.15) is 23.2 Å². The van der Waals surface area contributed by atoms with Gasteiger partial charge in [0, 0.05) is 24.5 Å². The van der Waals surface area contributed by atoms with Crippen LogP contribution in [-0.4, -0.2) is 45.1 Å². The first kappa shape index (κ1) is 17.3. The molecule has 2 aromatic heterocycles. The minimum Gasteiger partial charge on any atom is -0.342 e. The predicted octanol–water partition coefficient (Wildman–Crippen LogP) is 1.94. The molecule has 5 rings (SSSR count). The molecule has 2 fully saturated rings. The lowest BCUT2D eigenvalue weighted by molar-refractivity contribution is 0.394. The first-order valence-electron chi connectivity index (χ1n) is 8.90. The monoisotopic (exact) mass is 400 g/mol. The van der Waals surface area contributed by atoms with Gasteiger partial charge in [-0.2, -0.15) is 14.7 Å². The van der Waals surface area contributed by atoms with Crippen LogP contribution < -0.4 is 0 Å². The van der Waals surface area contributed by atoms with Gasteiger partial charge in [-0.1, -0.05) is 0 Å². The van der Waals surface area contributed by atoms with Crippen molar-refractivity contribution in [3.8, 4) is 17.5 Å². The maximum Gasteiger partial charge on any atom is 0.259 e.